The van der Waals surface area contributed by atoms with Crippen LogP contribution in [0.3, 0.4) is 0 Å². The normalized spacial score (nSPS) is 11.1. The first-order valence-electron chi connectivity index (χ1n) is 7.81. The van der Waals surface area contributed by atoms with Gasteiger partial charge in [0.15, 0.2) is 0 Å². The number of aryl methyl sites for hydroxylation is 1. The Labute approximate surface area is 149 Å². The minimum absolute atomic E-state index is 0.411. The van der Waals surface area contributed by atoms with Crippen LogP contribution >= 0.6 is 22.7 Å². The number of nitrogens with one attached hydrogen (secondary N) is 1. The smallest absolute Gasteiger partial charge is 0.339 e. The van der Waals surface area contributed by atoms with Gasteiger partial charge in [0.2, 0.25) is 0 Å². The Morgan fingerprint density at radius 3 is 2.83 bits per heavy atom. The van der Waals surface area contributed by atoms with Crippen molar-refractivity contribution in [2.24, 2.45) is 0 Å². The highest BCUT2D eigenvalue weighted by Crippen LogP contribution is 2.32. The molecule has 0 aliphatic heterocycles. The van der Waals surface area contributed by atoms with Crippen LogP contribution in [0, 0.1) is 13.8 Å². The summed E-state index contributed by atoms with van der Waals surface area (Å²) in [5.41, 5.74) is 2.34. The second-order valence-corrected chi connectivity index (χ2v) is 7.88. The van der Waals surface area contributed by atoms with Crippen LogP contribution in [0.25, 0.3) is 5.00 Å². The summed E-state index contributed by atoms with van der Waals surface area (Å²) in [7, 11) is 0. The van der Waals surface area contributed by atoms with Crippen molar-refractivity contribution in [1.29, 1.82) is 0 Å². The van der Waals surface area contributed by atoms with E-state index in [4.69, 9.17) is 0 Å². The van der Waals surface area contributed by atoms with Gasteiger partial charge in [0, 0.05) is 34.7 Å². The van der Waals surface area contributed by atoms with Crippen molar-refractivity contribution in [2.45, 2.75) is 26.8 Å². The summed E-state index contributed by atoms with van der Waals surface area (Å²) in [6, 6.07) is 8.21. The zero-order chi connectivity index (χ0) is 17.1. The minimum Gasteiger partial charge on any atom is -0.478 e. The highest BCUT2D eigenvalue weighted by molar-refractivity contribution is 7.15. The quantitative estimate of drug-likeness (QED) is 0.620. The van der Waals surface area contributed by atoms with Crippen molar-refractivity contribution in [3.8, 4) is 5.00 Å². The first kappa shape index (κ1) is 17.0. The van der Waals surface area contributed by atoms with Gasteiger partial charge in [0.1, 0.15) is 5.00 Å². The van der Waals surface area contributed by atoms with E-state index in [0.29, 0.717) is 12.1 Å². The minimum atomic E-state index is -0.864. The maximum absolute atomic E-state index is 11.6. The molecular weight excluding hydrogens is 340 g/mol. The summed E-state index contributed by atoms with van der Waals surface area (Å²) in [6.45, 7) is 5.47. The van der Waals surface area contributed by atoms with Crippen LogP contribution in [0.5, 0.6) is 0 Å². The van der Waals surface area contributed by atoms with Crippen LogP contribution in [0.1, 0.15) is 31.4 Å². The van der Waals surface area contributed by atoms with Crippen molar-refractivity contribution >= 4 is 28.6 Å². The van der Waals surface area contributed by atoms with E-state index in [1.165, 1.54) is 16.2 Å². The molecule has 0 atom stereocenters. The SMILES string of the molecule is Cc1sc(-n2cccc2CNCCc2cccs2)c(C(=O)O)c1C. The number of carbonyl (C=O) groups is 1. The predicted molar refractivity (Wildman–Crippen MR) is 99.8 cm³/mol. The maximum Gasteiger partial charge on any atom is 0.339 e. The van der Waals surface area contributed by atoms with Crippen LogP contribution in [-0.2, 0) is 13.0 Å². The van der Waals surface area contributed by atoms with E-state index in [1.807, 2.05) is 36.7 Å². The molecule has 2 N–H and O–H groups in total. The molecule has 6 heteroatoms. The van der Waals surface area contributed by atoms with E-state index in [-0.39, 0.29) is 0 Å². The second-order valence-electron chi connectivity index (χ2n) is 5.64. The lowest BCUT2D eigenvalue weighted by atomic mass is 10.1. The molecule has 126 valence electrons. The third-order valence-electron chi connectivity index (χ3n) is 4.07. The second kappa shape index (κ2) is 7.34. The number of thiophene rings is 2. The number of aromatic nitrogens is 1. The number of nitrogens with zero attached hydrogens (tertiary/aromatic N) is 1. The molecule has 3 aromatic rings. The monoisotopic (exact) mass is 360 g/mol. The van der Waals surface area contributed by atoms with Crippen LogP contribution in [0.2, 0.25) is 0 Å². The molecule has 0 spiro atoms. The van der Waals surface area contributed by atoms with E-state index >= 15 is 0 Å². The molecule has 0 saturated heterocycles. The van der Waals surface area contributed by atoms with Gasteiger partial charge in [-0.25, -0.2) is 4.79 Å². The van der Waals surface area contributed by atoms with E-state index in [1.54, 1.807) is 11.3 Å². The Balaban J connectivity index is 1.74. The number of carboxylic acids is 1. The Hall–Kier alpha value is -1.89. The van der Waals surface area contributed by atoms with Gasteiger partial charge in [-0.3, -0.25) is 0 Å². The van der Waals surface area contributed by atoms with Crippen LogP contribution in [0.4, 0.5) is 0 Å². The molecule has 0 aromatic carbocycles. The van der Waals surface area contributed by atoms with Crippen LogP contribution in [0.15, 0.2) is 35.8 Å². The average Bonchev–Trinajstić information content (AvgIpc) is 3.25. The van der Waals surface area contributed by atoms with Crippen LogP contribution < -0.4 is 5.32 Å². The average molecular weight is 361 g/mol. The third kappa shape index (κ3) is 3.45. The molecule has 0 bridgehead atoms. The number of aromatic carboxylic acids is 1. The highest BCUT2D eigenvalue weighted by atomic mass is 32.1. The van der Waals surface area contributed by atoms with Gasteiger partial charge in [0.05, 0.1) is 5.56 Å². The Morgan fingerprint density at radius 2 is 2.12 bits per heavy atom. The third-order valence-corrected chi connectivity index (χ3v) is 6.21. The fourth-order valence-corrected chi connectivity index (χ4v) is 4.54. The first-order chi connectivity index (χ1) is 11.6. The van der Waals surface area contributed by atoms with E-state index in [9.17, 15) is 9.90 Å². The molecule has 0 unspecified atom stereocenters. The molecule has 0 saturated carbocycles. The maximum atomic E-state index is 11.6. The number of rotatable bonds is 7. The molecule has 0 aliphatic rings. The molecule has 0 amide bonds. The Bertz CT molecular complexity index is 831. The lowest BCUT2D eigenvalue weighted by Crippen LogP contribution is -2.18. The Morgan fingerprint density at radius 1 is 1.29 bits per heavy atom. The molecule has 24 heavy (non-hydrogen) atoms. The van der Waals surface area contributed by atoms with Gasteiger partial charge in [-0.05, 0) is 49.4 Å². The van der Waals surface area contributed by atoms with Gasteiger partial charge in [-0.1, -0.05) is 6.07 Å². The van der Waals surface area contributed by atoms with Gasteiger partial charge >= 0.3 is 5.97 Å². The summed E-state index contributed by atoms with van der Waals surface area (Å²) < 4.78 is 1.99. The zero-order valence-corrected chi connectivity index (χ0v) is 15.3. The zero-order valence-electron chi connectivity index (χ0n) is 13.7. The number of hydrogen-bond acceptors (Lipinski definition) is 4. The molecule has 3 rings (SSSR count). The van der Waals surface area contributed by atoms with Crippen molar-refractivity contribution in [1.82, 2.24) is 9.88 Å². The largest absolute Gasteiger partial charge is 0.478 e. The molecule has 0 fully saturated rings. The van der Waals surface area contributed by atoms with Crippen molar-refractivity contribution in [3.63, 3.8) is 0 Å². The summed E-state index contributed by atoms with van der Waals surface area (Å²) >= 11 is 3.31. The van der Waals surface area contributed by atoms with Crippen molar-refractivity contribution in [2.75, 3.05) is 6.54 Å². The number of carboxylic acid groups (broad SMARTS) is 1. The summed E-state index contributed by atoms with van der Waals surface area (Å²) in [5.74, 6) is -0.864. The van der Waals surface area contributed by atoms with Gasteiger partial charge in [-0.15, -0.1) is 22.7 Å². The number of hydrogen-bond donors (Lipinski definition) is 2. The highest BCUT2D eigenvalue weighted by Gasteiger charge is 2.21. The lowest BCUT2D eigenvalue weighted by Gasteiger charge is -2.10. The topological polar surface area (TPSA) is 54.3 Å². The fourth-order valence-electron chi connectivity index (χ4n) is 2.67. The predicted octanol–water partition coefficient (Wildman–Crippen LogP) is 4.25. The van der Waals surface area contributed by atoms with Crippen LogP contribution in [-0.4, -0.2) is 22.2 Å². The van der Waals surface area contributed by atoms with Gasteiger partial charge in [0.25, 0.3) is 0 Å². The fraction of sp³-hybridized carbons (Fsp3) is 0.278. The standard InChI is InChI=1S/C18H20N2O2S2/c1-12-13(2)24-17(16(12)18(21)22)20-9-3-5-14(20)11-19-8-7-15-6-4-10-23-15/h3-6,9-10,19H,7-8,11H2,1-2H3,(H,21,22). The van der Waals surface area contributed by atoms with E-state index in [0.717, 1.165) is 34.1 Å². The van der Waals surface area contributed by atoms with E-state index in [2.05, 4.69) is 22.8 Å². The molecule has 3 heterocycles. The summed E-state index contributed by atoms with van der Waals surface area (Å²) in [6.07, 6.45) is 2.95. The van der Waals surface area contributed by atoms with Gasteiger partial charge in [-0.2, -0.15) is 0 Å². The first-order valence-corrected chi connectivity index (χ1v) is 9.50. The molecule has 0 radical (unpaired) electrons. The van der Waals surface area contributed by atoms with E-state index < -0.39 is 5.97 Å². The molecule has 4 nitrogen and oxygen atoms in total. The summed E-state index contributed by atoms with van der Waals surface area (Å²) in [5, 5.41) is 15.9. The molecule has 0 aliphatic carbocycles. The Kier molecular flexibility index (Phi) is 5.18. The molecule has 3 aromatic heterocycles. The molecular formula is C18H20N2O2S2. The van der Waals surface area contributed by atoms with Crippen molar-refractivity contribution < 1.29 is 9.90 Å². The van der Waals surface area contributed by atoms with Crippen molar-refractivity contribution in [3.05, 3.63) is 62.4 Å². The summed E-state index contributed by atoms with van der Waals surface area (Å²) in [4.78, 5) is 14.1. The van der Waals surface area contributed by atoms with Gasteiger partial charge < -0.3 is 15.0 Å². The lowest BCUT2D eigenvalue weighted by molar-refractivity contribution is 0.0696.